The molecule has 0 saturated carbocycles. The minimum atomic E-state index is -4.16. The summed E-state index contributed by atoms with van der Waals surface area (Å²) < 4.78 is 51.0. The molecule has 0 spiro atoms. The Morgan fingerprint density at radius 2 is 2.00 bits per heavy atom. The molecule has 0 aliphatic carbocycles. The standard InChI is InChI=1S/C10H13F2N3O2S/c1-6(10(13)14)15(2)18(16,17)9-4-3-7(11)5-8(9)12/h3-6H,1-2H3,(H3,13,14). The second kappa shape index (κ2) is 4.99. The summed E-state index contributed by atoms with van der Waals surface area (Å²) in [6.45, 7) is 1.39. The van der Waals surface area contributed by atoms with Crippen LogP contribution in [-0.2, 0) is 10.0 Å². The lowest BCUT2D eigenvalue weighted by Crippen LogP contribution is -2.43. The highest BCUT2D eigenvalue weighted by Gasteiger charge is 2.29. The Kier molecular flexibility index (Phi) is 4.02. The van der Waals surface area contributed by atoms with Crippen molar-refractivity contribution >= 4 is 15.9 Å². The second-order valence-corrected chi connectivity index (χ2v) is 5.69. The molecule has 0 bridgehead atoms. The first-order valence-corrected chi connectivity index (χ1v) is 6.39. The summed E-state index contributed by atoms with van der Waals surface area (Å²) in [6.07, 6.45) is 0. The van der Waals surface area contributed by atoms with Gasteiger partial charge in [-0.25, -0.2) is 17.2 Å². The highest BCUT2D eigenvalue weighted by Crippen LogP contribution is 2.20. The number of rotatable bonds is 4. The zero-order chi connectivity index (χ0) is 14.1. The summed E-state index contributed by atoms with van der Waals surface area (Å²) in [5.74, 6) is -2.42. The summed E-state index contributed by atoms with van der Waals surface area (Å²) in [5, 5.41) is 7.18. The second-order valence-electron chi connectivity index (χ2n) is 3.73. The Bertz CT molecular complexity index is 574. The number of sulfonamides is 1. The van der Waals surface area contributed by atoms with Crippen LogP contribution >= 0.6 is 0 Å². The van der Waals surface area contributed by atoms with Crippen LogP contribution in [-0.4, -0.2) is 31.6 Å². The molecule has 0 heterocycles. The highest BCUT2D eigenvalue weighted by molar-refractivity contribution is 7.89. The molecule has 0 aromatic heterocycles. The lowest BCUT2D eigenvalue weighted by molar-refractivity contribution is 0.442. The zero-order valence-corrected chi connectivity index (χ0v) is 10.6. The normalized spacial score (nSPS) is 13.6. The molecule has 5 nitrogen and oxygen atoms in total. The molecule has 0 aliphatic heterocycles. The molecule has 0 amide bonds. The molecule has 1 atom stereocenters. The Hall–Kier alpha value is -1.54. The van der Waals surface area contributed by atoms with E-state index >= 15 is 0 Å². The molecule has 0 fully saturated rings. The number of hydrogen-bond acceptors (Lipinski definition) is 3. The molecular formula is C10H13F2N3O2S. The van der Waals surface area contributed by atoms with Crippen LogP contribution in [0.3, 0.4) is 0 Å². The van der Waals surface area contributed by atoms with Gasteiger partial charge in [0.2, 0.25) is 10.0 Å². The third-order valence-corrected chi connectivity index (χ3v) is 4.51. The van der Waals surface area contributed by atoms with Crippen LogP contribution < -0.4 is 5.73 Å². The number of amidine groups is 1. The first-order valence-electron chi connectivity index (χ1n) is 4.95. The van der Waals surface area contributed by atoms with E-state index in [4.69, 9.17) is 11.1 Å². The van der Waals surface area contributed by atoms with E-state index in [1.807, 2.05) is 0 Å². The van der Waals surface area contributed by atoms with Crippen molar-refractivity contribution in [3.63, 3.8) is 0 Å². The van der Waals surface area contributed by atoms with Crippen molar-refractivity contribution in [2.24, 2.45) is 5.73 Å². The zero-order valence-electron chi connectivity index (χ0n) is 9.81. The van der Waals surface area contributed by atoms with Gasteiger partial charge in [-0.1, -0.05) is 0 Å². The molecule has 0 saturated heterocycles. The summed E-state index contributed by atoms with van der Waals surface area (Å²) >= 11 is 0. The molecule has 3 N–H and O–H groups in total. The predicted molar refractivity (Wildman–Crippen MR) is 62.7 cm³/mol. The Balaban J connectivity index is 3.25. The number of likely N-dealkylation sites (N-methyl/N-ethyl adjacent to an activating group) is 1. The molecule has 18 heavy (non-hydrogen) atoms. The fourth-order valence-corrected chi connectivity index (χ4v) is 2.63. The van der Waals surface area contributed by atoms with E-state index in [1.165, 1.54) is 14.0 Å². The average molecular weight is 277 g/mol. The van der Waals surface area contributed by atoms with E-state index in [-0.39, 0.29) is 5.84 Å². The number of nitrogens with one attached hydrogen (secondary N) is 1. The first-order chi connectivity index (χ1) is 8.17. The average Bonchev–Trinajstić information content (AvgIpc) is 2.26. The van der Waals surface area contributed by atoms with E-state index in [0.29, 0.717) is 6.07 Å². The molecule has 1 rings (SSSR count). The first kappa shape index (κ1) is 14.5. The van der Waals surface area contributed by atoms with E-state index < -0.39 is 32.6 Å². The van der Waals surface area contributed by atoms with Gasteiger partial charge >= 0.3 is 0 Å². The van der Waals surface area contributed by atoms with Gasteiger partial charge in [0.15, 0.2) is 0 Å². The van der Waals surface area contributed by atoms with Crippen LogP contribution in [0.25, 0.3) is 0 Å². The van der Waals surface area contributed by atoms with E-state index in [0.717, 1.165) is 16.4 Å². The third-order valence-electron chi connectivity index (χ3n) is 2.55. The van der Waals surface area contributed by atoms with E-state index in [2.05, 4.69) is 0 Å². The van der Waals surface area contributed by atoms with Crippen molar-refractivity contribution in [2.45, 2.75) is 17.9 Å². The van der Waals surface area contributed by atoms with Crippen molar-refractivity contribution in [2.75, 3.05) is 7.05 Å². The van der Waals surface area contributed by atoms with Gasteiger partial charge in [0.25, 0.3) is 0 Å². The number of nitrogens with zero attached hydrogens (tertiary/aromatic N) is 1. The molecule has 1 unspecified atom stereocenters. The van der Waals surface area contributed by atoms with Gasteiger partial charge in [-0.05, 0) is 19.1 Å². The van der Waals surface area contributed by atoms with Crippen LogP contribution in [0.15, 0.2) is 23.1 Å². The topological polar surface area (TPSA) is 87.2 Å². The Morgan fingerprint density at radius 1 is 1.44 bits per heavy atom. The monoisotopic (exact) mass is 277 g/mol. The lowest BCUT2D eigenvalue weighted by Gasteiger charge is -2.23. The van der Waals surface area contributed by atoms with Gasteiger partial charge in [-0.3, -0.25) is 5.41 Å². The quantitative estimate of drug-likeness (QED) is 0.633. The van der Waals surface area contributed by atoms with Crippen molar-refractivity contribution in [1.29, 1.82) is 5.41 Å². The maximum atomic E-state index is 13.4. The van der Waals surface area contributed by atoms with Gasteiger partial charge in [-0.15, -0.1) is 0 Å². The van der Waals surface area contributed by atoms with E-state index in [1.54, 1.807) is 0 Å². The van der Waals surface area contributed by atoms with Crippen molar-refractivity contribution in [3.8, 4) is 0 Å². The predicted octanol–water partition coefficient (Wildman–Crippen LogP) is 0.910. The summed E-state index contributed by atoms with van der Waals surface area (Å²) in [7, 11) is -2.99. The fourth-order valence-electron chi connectivity index (χ4n) is 1.24. The number of hydrogen-bond donors (Lipinski definition) is 2. The molecule has 0 radical (unpaired) electrons. The molecule has 100 valence electrons. The SMILES string of the molecule is CC(C(=N)N)N(C)S(=O)(=O)c1ccc(F)cc1F. The number of nitrogens with two attached hydrogens (primary N) is 1. The van der Waals surface area contributed by atoms with Crippen LogP contribution in [0.4, 0.5) is 8.78 Å². The molecule has 1 aromatic rings. The molecular weight excluding hydrogens is 264 g/mol. The van der Waals surface area contributed by atoms with Gasteiger partial charge in [0, 0.05) is 13.1 Å². The maximum absolute atomic E-state index is 13.4. The van der Waals surface area contributed by atoms with Crippen LogP contribution in [0.2, 0.25) is 0 Å². The van der Waals surface area contributed by atoms with E-state index in [9.17, 15) is 17.2 Å². The van der Waals surface area contributed by atoms with Gasteiger partial charge in [-0.2, -0.15) is 4.31 Å². The van der Waals surface area contributed by atoms with Crippen LogP contribution in [0.1, 0.15) is 6.92 Å². The molecule has 0 aliphatic rings. The van der Waals surface area contributed by atoms with Crippen LogP contribution in [0, 0.1) is 17.0 Å². The summed E-state index contributed by atoms with van der Waals surface area (Å²) in [4.78, 5) is -0.653. The van der Waals surface area contributed by atoms with Crippen molar-refractivity contribution in [3.05, 3.63) is 29.8 Å². The Labute approximate surface area is 104 Å². The Morgan fingerprint density at radius 3 is 2.44 bits per heavy atom. The highest BCUT2D eigenvalue weighted by atomic mass is 32.2. The number of benzene rings is 1. The van der Waals surface area contributed by atoms with Gasteiger partial charge < -0.3 is 5.73 Å². The lowest BCUT2D eigenvalue weighted by atomic mass is 10.3. The summed E-state index contributed by atoms with van der Waals surface area (Å²) in [6, 6.07) is 1.25. The maximum Gasteiger partial charge on any atom is 0.246 e. The van der Waals surface area contributed by atoms with Crippen molar-refractivity contribution in [1.82, 2.24) is 4.31 Å². The fraction of sp³-hybridized carbons (Fsp3) is 0.300. The minimum absolute atomic E-state index is 0.372. The summed E-state index contributed by atoms with van der Waals surface area (Å²) in [5.41, 5.74) is 5.20. The van der Waals surface area contributed by atoms with Gasteiger partial charge in [0.05, 0.1) is 6.04 Å². The van der Waals surface area contributed by atoms with Crippen molar-refractivity contribution < 1.29 is 17.2 Å². The molecule has 1 aromatic carbocycles. The third kappa shape index (κ3) is 2.65. The van der Waals surface area contributed by atoms with Gasteiger partial charge in [0.1, 0.15) is 22.4 Å². The molecule has 8 heteroatoms. The van der Waals surface area contributed by atoms with Crippen LogP contribution in [0.5, 0.6) is 0 Å². The number of halogens is 2. The minimum Gasteiger partial charge on any atom is -0.386 e. The largest absolute Gasteiger partial charge is 0.386 e. The smallest absolute Gasteiger partial charge is 0.246 e.